The Morgan fingerprint density at radius 1 is 1.07 bits per heavy atom. The van der Waals surface area contributed by atoms with E-state index in [1.165, 1.54) is 11.3 Å². The Morgan fingerprint density at radius 2 is 1.95 bits per heavy atom. The number of aromatic amines is 1. The molecule has 0 radical (unpaired) electrons. The molecule has 212 valence electrons. The molecule has 10 nitrogen and oxygen atoms in total. The molecule has 5 aromatic heterocycles. The van der Waals surface area contributed by atoms with Crippen molar-refractivity contribution in [1.29, 1.82) is 0 Å². The van der Waals surface area contributed by atoms with Crippen molar-refractivity contribution in [3.63, 3.8) is 0 Å². The van der Waals surface area contributed by atoms with Crippen LogP contribution in [0.1, 0.15) is 41.1 Å². The van der Waals surface area contributed by atoms with E-state index in [2.05, 4.69) is 25.6 Å². The summed E-state index contributed by atoms with van der Waals surface area (Å²) < 4.78 is 1.64. The smallest absolute Gasteiger partial charge is 0.270 e. The second-order valence-electron chi connectivity index (χ2n) is 10.4. The van der Waals surface area contributed by atoms with Gasteiger partial charge in [-0.2, -0.15) is 11.3 Å². The minimum atomic E-state index is -0.402. The number of amides is 2. The Kier molecular flexibility index (Phi) is 7.51. The van der Waals surface area contributed by atoms with Gasteiger partial charge in [0.15, 0.2) is 5.65 Å². The van der Waals surface area contributed by atoms with Gasteiger partial charge in [-0.05, 0) is 66.2 Å². The van der Waals surface area contributed by atoms with Crippen molar-refractivity contribution in [2.75, 3.05) is 11.9 Å². The summed E-state index contributed by atoms with van der Waals surface area (Å²) in [5.74, 6) is 0.246. The third-order valence-corrected chi connectivity index (χ3v) is 7.57. The molecule has 0 aliphatic rings. The van der Waals surface area contributed by atoms with Crippen LogP contribution < -0.4 is 10.6 Å². The highest BCUT2D eigenvalue weighted by molar-refractivity contribution is 7.08. The summed E-state index contributed by atoms with van der Waals surface area (Å²) in [6.07, 6.45) is 5.79. The Bertz CT molecular complexity index is 1880. The predicted molar refractivity (Wildman–Crippen MR) is 164 cm³/mol. The van der Waals surface area contributed by atoms with Crippen molar-refractivity contribution in [2.24, 2.45) is 5.92 Å². The van der Waals surface area contributed by atoms with Crippen molar-refractivity contribution in [3.05, 3.63) is 89.1 Å². The Morgan fingerprint density at radius 3 is 2.69 bits per heavy atom. The number of nitrogens with one attached hydrogen (secondary N) is 3. The van der Waals surface area contributed by atoms with Crippen molar-refractivity contribution in [1.82, 2.24) is 29.7 Å². The average molecular weight is 580 g/mol. The molecule has 42 heavy (non-hydrogen) atoms. The number of aliphatic hydroxyl groups excluding tert-OH is 1. The van der Waals surface area contributed by atoms with Gasteiger partial charge in [0.1, 0.15) is 17.2 Å². The first-order chi connectivity index (χ1) is 20.4. The van der Waals surface area contributed by atoms with Gasteiger partial charge in [0.05, 0.1) is 29.2 Å². The minimum Gasteiger partial charge on any atom is -0.394 e. The lowest BCUT2D eigenvalue weighted by Crippen LogP contribution is -2.39. The van der Waals surface area contributed by atoms with Crippen LogP contribution in [-0.2, 0) is 0 Å². The summed E-state index contributed by atoms with van der Waals surface area (Å²) in [6.45, 7) is 3.90. The maximum Gasteiger partial charge on any atom is 0.270 e. The molecule has 0 fully saturated rings. The van der Waals surface area contributed by atoms with Gasteiger partial charge in [0, 0.05) is 40.8 Å². The number of hydrogen-bond acceptors (Lipinski definition) is 7. The van der Waals surface area contributed by atoms with Gasteiger partial charge in [-0.15, -0.1) is 0 Å². The topological polar surface area (TPSA) is 137 Å². The lowest BCUT2D eigenvalue weighted by molar-refractivity contribution is 0.0902. The van der Waals surface area contributed by atoms with Crippen LogP contribution in [0.25, 0.3) is 39.3 Å². The molecule has 1 aromatic carbocycles. The second-order valence-corrected chi connectivity index (χ2v) is 11.2. The number of nitrogens with zero attached hydrogens (tertiary/aromatic N) is 4. The fourth-order valence-corrected chi connectivity index (χ4v) is 5.63. The first-order valence-electron chi connectivity index (χ1n) is 13.6. The number of aromatic nitrogens is 5. The SMILES string of the molecule is CC(C)C[C@@H](CO)NC(=O)c1c(-c2ccsc2)nc2c(C(=O)Nc3ccc4nc(-c5cccnc5)[nH]c4c3)cccn12. The maximum atomic E-state index is 13.6. The molecule has 0 aliphatic carbocycles. The van der Waals surface area contributed by atoms with E-state index in [0.717, 1.165) is 22.2 Å². The van der Waals surface area contributed by atoms with Gasteiger partial charge in [-0.25, -0.2) is 9.97 Å². The number of carbonyl (C=O) groups is 2. The number of carbonyl (C=O) groups excluding carboxylic acids is 2. The molecule has 1 atom stereocenters. The average Bonchev–Trinajstić information content (AvgIpc) is 3.75. The van der Waals surface area contributed by atoms with Crippen molar-refractivity contribution in [2.45, 2.75) is 26.3 Å². The van der Waals surface area contributed by atoms with Gasteiger partial charge >= 0.3 is 0 Å². The molecular weight excluding hydrogens is 550 g/mol. The van der Waals surface area contributed by atoms with E-state index < -0.39 is 6.04 Å². The van der Waals surface area contributed by atoms with Crippen LogP contribution >= 0.6 is 11.3 Å². The van der Waals surface area contributed by atoms with Gasteiger partial charge in [-0.3, -0.25) is 19.0 Å². The summed E-state index contributed by atoms with van der Waals surface area (Å²) in [5.41, 5.74) is 5.19. The van der Waals surface area contributed by atoms with E-state index >= 15 is 0 Å². The summed E-state index contributed by atoms with van der Waals surface area (Å²) in [6, 6.07) is 14.1. The van der Waals surface area contributed by atoms with E-state index in [9.17, 15) is 14.7 Å². The summed E-state index contributed by atoms with van der Waals surface area (Å²) in [7, 11) is 0. The van der Waals surface area contributed by atoms with Gasteiger partial charge in [0.25, 0.3) is 11.8 Å². The maximum absolute atomic E-state index is 13.6. The number of aliphatic hydroxyl groups is 1. The normalized spacial score (nSPS) is 12.2. The monoisotopic (exact) mass is 579 g/mol. The molecule has 6 rings (SSSR count). The quantitative estimate of drug-likeness (QED) is 0.181. The number of imidazole rings is 2. The van der Waals surface area contributed by atoms with Crippen LogP contribution in [0.15, 0.2) is 77.9 Å². The molecular formula is C31H29N7O3S. The molecule has 0 spiro atoms. The largest absolute Gasteiger partial charge is 0.394 e. The van der Waals surface area contributed by atoms with Crippen LogP contribution in [0, 0.1) is 5.92 Å². The fourth-order valence-electron chi connectivity index (χ4n) is 4.99. The number of fused-ring (bicyclic) bond motifs is 2. The van der Waals surface area contributed by atoms with Crippen molar-refractivity contribution in [3.8, 4) is 22.6 Å². The molecule has 0 unspecified atom stereocenters. The number of rotatable bonds is 9. The molecule has 0 saturated heterocycles. The first kappa shape index (κ1) is 27.3. The van der Waals surface area contributed by atoms with Gasteiger partial charge < -0.3 is 20.7 Å². The van der Waals surface area contributed by atoms with E-state index in [1.807, 2.05) is 54.9 Å². The van der Waals surface area contributed by atoms with Crippen LogP contribution in [0.4, 0.5) is 5.69 Å². The molecule has 11 heteroatoms. The fraction of sp³-hybridized carbons (Fsp3) is 0.194. The summed E-state index contributed by atoms with van der Waals surface area (Å²) >= 11 is 1.49. The number of thiophene rings is 1. The van der Waals surface area contributed by atoms with Crippen molar-refractivity contribution >= 4 is 45.5 Å². The Balaban J connectivity index is 1.34. The van der Waals surface area contributed by atoms with E-state index in [0.29, 0.717) is 46.4 Å². The number of pyridine rings is 2. The van der Waals surface area contributed by atoms with E-state index in [4.69, 9.17) is 4.98 Å². The zero-order chi connectivity index (χ0) is 29.2. The van der Waals surface area contributed by atoms with Crippen LogP contribution in [0.3, 0.4) is 0 Å². The lowest BCUT2D eigenvalue weighted by Gasteiger charge is -2.18. The van der Waals surface area contributed by atoms with Gasteiger partial charge in [-0.1, -0.05) is 13.8 Å². The highest BCUT2D eigenvalue weighted by atomic mass is 32.1. The minimum absolute atomic E-state index is 0.174. The highest BCUT2D eigenvalue weighted by Crippen LogP contribution is 2.29. The standard InChI is InChI=1S/C31H29N7O3S/c1-18(2)13-22(16-39)34-31(41)27-26(20-9-12-42-17-20)37-29-23(6-4-11-38(27)29)30(40)33-21-7-8-24-25(14-21)36-28(35-24)19-5-3-10-32-15-19/h3-12,14-15,17-18,22,39H,13,16H2,1-2H3,(H,33,40)(H,34,41)(H,35,36)/t22-/m0/s1. The molecule has 0 saturated carbocycles. The van der Waals surface area contributed by atoms with Gasteiger partial charge in [0.2, 0.25) is 0 Å². The number of H-pyrrole nitrogens is 1. The number of benzene rings is 1. The zero-order valence-corrected chi connectivity index (χ0v) is 23.9. The van der Waals surface area contributed by atoms with Crippen LogP contribution in [0.5, 0.6) is 0 Å². The molecule has 0 bridgehead atoms. The van der Waals surface area contributed by atoms with Crippen molar-refractivity contribution < 1.29 is 14.7 Å². The lowest BCUT2D eigenvalue weighted by atomic mass is 10.0. The molecule has 2 amide bonds. The van der Waals surface area contributed by atoms with Crippen LogP contribution in [-0.4, -0.2) is 53.9 Å². The van der Waals surface area contributed by atoms with E-state index in [-0.39, 0.29) is 18.4 Å². The molecule has 6 aromatic rings. The Labute approximate surface area is 245 Å². The third kappa shape index (κ3) is 5.39. The highest BCUT2D eigenvalue weighted by Gasteiger charge is 2.26. The molecule has 0 aliphatic heterocycles. The number of anilines is 1. The second kappa shape index (κ2) is 11.6. The number of hydrogen-bond donors (Lipinski definition) is 4. The first-order valence-corrected chi connectivity index (χ1v) is 14.5. The molecule has 5 heterocycles. The summed E-state index contributed by atoms with van der Waals surface area (Å²) in [4.78, 5) is 44.0. The summed E-state index contributed by atoms with van der Waals surface area (Å²) in [5, 5.41) is 19.6. The third-order valence-electron chi connectivity index (χ3n) is 6.89. The van der Waals surface area contributed by atoms with Crippen LogP contribution in [0.2, 0.25) is 0 Å². The van der Waals surface area contributed by atoms with E-state index in [1.54, 1.807) is 41.2 Å². The Hall–Kier alpha value is -4.87. The molecule has 4 N–H and O–H groups in total. The zero-order valence-electron chi connectivity index (χ0n) is 23.0. The predicted octanol–water partition coefficient (Wildman–Crippen LogP) is 5.39.